The van der Waals surface area contributed by atoms with Crippen LogP contribution in [0.4, 0.5) is 5.69 Å². The van der Waals surface area contributed by atoms with Crippen molar-refractivity contribution in [1.82, 2.24) is 18.8 Å². The topological polar surface area (TPSA) is 87.5 Å². The van der Waals surface area contributed by atoms with E-state index in [-0.39, 0.29) is 17.5 Å². The maximum atomic E-state index is 12.5. The number of benzene rings is 1. The first-order chi connectivity index (χ1) is 14.0. The van der Waals surface area contributed by atoms with Crippen molar-refractivity contribution < 1.29 is 13.2 Å². The SMILES string of the molecule is O=C(Cn1cnc(S(=O)(=O)N2CCCC2)c1)Nc1ccc(CN2CCCC2)cc1. The Morgan fingerprint density at radius 3 is 2.34 bits per heavy atom. The van der Waals surface area contributed by atoms with Gasteiger partial charge in [0.2, 0.25) is 5.91 Å². The molecule has 0 saturated carbocycles. The molecule has 1 amide bonds. The van der Waals surface area contributed by atoms with Crippen molar-refractivity contribution in [2.24, 2.45) is 0 Å². The molecule has 156 valence electrons. The van der Waals surface area contributed by atoms with Crippen LogP contribution in [0.15, 0.2) is 41.8 Å². The molecular weight excluding hydrogens is 390 g/mol. The second kappa shape index (κ2) is 8.64. The van der Waals surface area contributed by atoms with Crippen molar-refractivity contribution in [3.05, 3.63) is 42.4 Å². The summed E-state index contributed by atoms with van der Waals surface area (Å²) in [6.07, 6.45) is 7.10. The maximum absolute atomic E-state index is 12.5. The van der Waals surface area contributed by atoms with Gasteiger partial charge < -0.3 is 9.88 Å². The van der Waals surface area contributed by atoms with Gasteiger partial charge in [0, 0.05) is 31.5 Å². The molecule has 1 aromatic carbocycles. The van der Waals surface area contributed by atoms with Crippen LogP contribution in [0.5, 0.6) is 0 Å². The van der Waals surface area contributed by atoms with Gasteiger partial charge in [0.1, 0.15) is 6.54 Å². The lowest BCUT2D eigenvalue weighted by Crippen LogP contribution is -2.28. The molecule has 0 aliphatic carbocycles. The Bertz CT molecular complexity index is 943. The van der Waals surface area contributed by atoms with E-state index in [0.717, 1.165) is 38.2 Å². The third kappa shape index (κ3) is 4.85. The summed E-state index contributed by atoms with van der Waals surface area (Å²) in [7, 11) is -3.56. The Labute approximate surface area is 171 Å². The zero-order valence-corrected chi connectivity index (χ0v) is 17.3. The van der Waals surface area contributed by atoms with Gasteiger partial charge in [0.15, 0.2) is 5.03 Å². The Kier molecular flexibility index (Phi) is 5.98. The summed E-state index contributed by atoms with van der Waals surface area (Å²) >= 11 is 0. The number of nitrogens with one attached hydrogen (secondary N) is 1. The van der Waals surface area contributed by atoms with Crippen molar-refractivity contribution >= 4 is 21.6 Å². The van der Waals surface area contributed by atoms with Crippen molar-refractivity contribution in [1.29, 1.82) is 0 Å². The fourth-order valence-corrected chi connectivity index (χ4v) is 5.33. The van der Waals surface area contributed by atoms with Gasteiger partial charge in [-0.3, -0.25) is 9.69 Å². The molecular formula is C20H27N5O3S. The van der Waals surface area contributed by atoms with Crippen LogP contribution in [0.1, 0.15) is 31.2 Å². The molecule has 9 heteroatoms. The molecule has 2 fully saturated rings. The first-order valence-electron chi connectivity index (χ1n) is 10.1. The number of rotatable bonds is 7. The number of imidazole rings is 1. The lowest BCUT2D eigenvalue weighted by Gasteiger charge is -2.14. The van der Waals surface area contributed by atoms with Crippen molar-refractivity contribution in [2.45, 2.75) is 43.8 Å². The minimum atomic E-state index is -3.56. The molecule has 0 radical (unpaired) electrons. The van der Waals surface area contributed by atoms with Crippen molar-refractivity contribution in [2.75, 3.05) is 31.5 Å². The van der Waals surface area contributed by atoms with Gasteiger partial charge in [-0.05, 0) is 56.5 Å². The number of likely N-dealkylation sites (tertiary alicyclic amines) is 1. The number of aromatic nitrogens is 2. The second-order valence-corrected chi connectivity index (χ2v) is 9.61. The Balaban J connectivity index is 1.32. The van der Waals surface area contributed by atoms with Gasteiger partial charge in [0.05, 0.1) is 6.33 Å². The second-order valence-electron chi connectivity index (χ2n) is 7.72. The smallest absolute Gasteiger partial charge is 0.262 e. The molecule has 0 spiro atoms. The van der Waals surface area contributed by atoms with E-state index in [1.807, 2.05) is 24.3 Å². The highest BCUT2D eigenvalue weighted by molar-refractivity contribution is 7.89. The predicted molar refractivity (Wildman–Crippen MR) is 110 cm³/mol. The molecule has 1 aromatic heterocycles. The van der Waals surface area contributed by atoms with Gasteiger partial charge in [-0.25, -0.2) is 13.4 Å². The molecule has 4 rings (SSSR count). The normalized spacial score (nSPS) is 18.3. The van der Waals surface area contributed by atoms with Crippen LogP contribution >= 0.6 is 0 Å². The number of hydrogen-bond donors (Lipinski definition) is 1. The van der Waals surface area contributed by atoms with Crippen molar-refractivity contribution in [3.63, 3.8) is 0 Å². The Morgan fingerprint density at radius 2 is 1.66 bits per heavy atom. The molecule has 8 nitrogen and oxygen atoms in total. The third-order valence-electron chi connectivity index (χ3n) is 5.45. The molecule has 29 heavy (non-hydrogen) atoms. The molecule has 2 aromatic rings. The average molecular weight is 418 g/mol. The van der Waals surface area contributed by atoms with E-state index in [0.29, 0.717) is 13.1 Å². The van der Waals surface area contributed by atoms with Crippen LogP contribution in [0, 0.1) is 0 Å². The van der Waals surface area contributed by atoms with Crippen LogP contribution in [-0.2, 0) is 27.9 Å². The van der Waals surface area contributed by atoms with E-state index in [1.165, 1.54) is 39.8 Å². The van der Waals surface area contributed by atoms with E-state index >= 15 is 0 Å². The van der Waals surface area contributed by atoms with Gasteiger partial charge >= 0.3 is 0 Å². The van der Waals surface area contributed by atoms with Crippen LogP contribution in [0.25, 0.3) is 0 Å². The first-order valence-corrected chi connectivity index (χ1v) is 11.6. The fraction of sp³-hybridized carbons (Fsp3) is 0.500. The molecule has 3 heterocycles. The molecule has 2 saturated heterocycles. The summed E-state index contributed by atoms with van der Waals surface area (Å²) in [5.74, 6) is -0.222. The van der Waals surface area contributed by atoms with Crippen LogP contribution < -0.4 is 5.32 Å². The molecule has 0 unspecified atom stereocenters. The Morgan fingerprint density at radius 1 is 1.00 bits per heavy atom. The standard InChI is InChI=1S/C20H27N5O3S/c26-19(22-18-7-5-17(6-8-18)13-23-9-1-2-10-23)14-24-15-20(21-16-24)29(27,28)25-11-3-4-12-25/h5-8,15-16H,1-4,9-14H2,(H,22,26). The third-order valence-corrected chi connectivity index (χ3v) is 7.23. The van der Waals surface area contributed by atoms with Crippen LogP contribution in [-0.4, -0.2) is 59.3 Å². The zero-order valence-electron chi connectivity index (χ0n) is 16.5. The summed E-state index contributed by atoms with van der Waals surface area (Å²) in [6, 6.07) is 7.87. The fourth-order valence-electron chi connectivity index (χ4n) is 3.88. The number of sulfonamides is 1. The molecule has 1 N–H and O–H groups in total. The van der Waals surface area contributed by atoms with Gasteiger partial charge in [-0.1, -0.05) is 12.1 Å². The van der Waals surface area contributed by atoms with E-state index in [2.05, 4.69) is 15.2 Å². The minimum absolute atomic E-state index is 0.00142. The van der Waals surface area contributed by atoms with Gasteiger partial charge in [-0.15, -0.1) is 0 Å². The largest absolute Gasteiger partial charge is 0.327 e. The minimum Gasteiger partial charge on any atom is -0.327 e. The highest BCUT2D eigenvalue weighted by atomic mass is 32.2. The summed E-state index contributed by atoms with van der Waals surface area (Å²) in [4.78, 5) is 18.8. The number of carbonyl (C=O) groups excluding carboxylic acids is 1. The van der Waals surface area contributed by atoms with Crippen LogP contribution in [0.3, 0.4) is 0 Å². The highest BCUT2D eigenvalue weighted by Crippen LogP contribution is 2.19. The van der Waals surface area contributed by atoms with Gasteiger partial charge in [-0.2, -0.15) is 4.31 Å². The molecule has 2 aliphatic rings. The lowest BCUT2D eigenvalue weighted by atomic mass is 10.2. The summed E-state index contributed by atoms with van der Waals surface area (Å²) in [5.41, 5.74) is 1.96. The van der Waals surface area contributed by atoms with E-state index in [1.54, 1.807) is 0 Å². The highest BCUT2D eigenvalue weighted by Gasteiger charge is 2.29. The van der Waals surface area contributed by atoms with Crippen LogP contribution in [0.2, 0.25) is 0 Å². The van der Waals surface area contributed by atoms with E-state index < -0.39 is 10.0 Å². The van der Waals surface area contributed by atoms with E-state index in [9.17, 15) is 13.2 Å². The predicted octanol–water partition coefficient (Wildman–Crippen LogP) is 1.90. The number of amides is 1. The number of anilines is 1. The summed E-state index contributed by atoms with van der Waals surface area (Å²) < 4.78 is 28.0. The number of hydrogen-bond acceptors (Lipinski definition) is 5. The number of nitrogens with zero attached hydrogens (tertiary/aromatic N) is 4. The Hall–Kier alpha value is -2.23. The van der Waals surface area contributed by atoms with Crippen molar-refractivity contribution in [3.8, 4) is 0 Å². The molecule has 2 aliphatic heterocycles. The quantitative estimate of drug-likeness (QED) is 0.744. The number of carbonyl (C=O) groups is 1. The maximum Gasteiger partial charge on any atom is 0.262 e. The summed E-state index contributed by atoms with van der Waals surface area (Å²) in [5, 5.41) is 2.85. The molecule has 0 atom stereocenters. The average Bonchev–Trinajstić information content (AvgIpc) is 3.46. The zero-order chi connectivity index (χ0) is 20.3. The van der Waals surface area contributed by atoms with E-state index in [4.69, 9.17) is 0 Å². The monoisotopic (exact) mass is 417 g/mol. The summed E-state index contributed by atoms with van der Waals surface area (Å²) in [6.45, 7) is 4.32. The lowest BCUT2D eigenvalue weighted by molar-refractivity contribution is -0.116. The van der Waals surface area contributed by atoms with Gasteiger partial charge in [0.25, 0.3) is 10.0 Å². The first kappa shape index (κ1) is 20.1. The molecule has 0 bridgehead atoms.